The molecule has 0 spiro atoms. The predicted octanol–water partition coefficient (Wildman–Crippen LogP) is 1.70. The molecule has 1 rings (SSSR count). The first kappa shape index (κ1) is 14.0. The van der Waals surface area contributed by atoms with Gasteiger partial charge >= 0.3 is 5.69 Å². The zero-order valence-corrected chi connectivity index (χ0v) is 9.84. The maximum absolute atomic E-state index is 13.5. The fourth-order valence-corrected chi connectivity index (χ4v) is 1.37. The average molecular weight is 257 g/mol. The number of hydrogen-bond donors (Lipinski definition) is 1. The lowest BCUT2D eigenvalue weighted by Crippen LogP contribution is -2.16. The van der Waals surface area contributed by atoms with E-state index in [1.54, 1.807) is 0 Å². The molecule has 0 heterocycles. The molecule has 0 radical (unpaired) electrons. The van der Waals surface area contributed by atoms with Gasteiger partial charge in [0.25, 0.3) is 0 Å². The van der Waals surface area contributed by atoms with E-state index < -0.39 is 39.6 Å². The zero-order valence-electron chi connectivity index (χ0n) is 9.84. The fourth-order valence-electron chi connectivity index (χ4n) is 1.37. The van der Waals surface area contributed by atoms with Crippen molar-refractivity contribution in [2.75, 3.05) is 6.61 Å². The molecule has 0 saturated carbocycles. The molecule has 0 aromatic heterocycles. The Hall–Kier alpha value is -2.02. The highest BCUT2D eigenvalue weighted by atomic mass is 19.1. The van der Waals surface area contributed by atoms with Gasteiger partial charge in [0.2, 0.25) is 5.75 Å². The Bertz CT molecular complexity index is 487. The normalized spacial score (nSPS) is 12.0. The first-order valence-corrected chi connectivity index (χ1v) is 5.13. The molecule has 1 aromatic carbocycles. The van der Waals surface area contributed by atoms with Gasteiger partial charge in [-0.2, -0.15) is 0 Å². The Morgan fingerprint density at radius 3 is 2.67 bits per heavy atom. The van der Waals surface area contributed by atoms with Crippen LogP contribution in [-0.4, -0.2) is 28.5 Å². The SMILES string of the molecule is CC(=O)c1c(F)ccc([N+](=O)[O-])c1OCC(C)O. The Labute approximate surface area is 102 Å². The third-order valence-electron chi connectivity index (χ3n) is 2.10. The molecule has 0 aliphatic heterocycles. The van der Waals surface area contributed by atoms with Gasteiger partial charge in [-0.25, -0.2) is 4.39 Å². The van der Waals surface area contributed by atoms with Crippen molar-refractivity contribution in [1.82, 2.24) is 0 Å². The summed E-state index contributed by atoms with van der Waals surface area (Å²) in [6.07, 6.45) is -0.896. The quantitative estimate of drug-likeness (QED) is 0.492. The maximum Gasteiger partial charge on any atom is 0.311 e. The van der Waals surface area contributed by atoms with Gasteiger partial charge in [-0.3, -0.25) is 14.9 Å². The second-order valence-corrected chi connectivity index (χ2v) is 3.74. The zero-order chi connectivity index (χ0) is 13.9. The first-order chi connectivity index (χ1) is 8.34. The summed E-state index contributed by atoms with van der Waals surface area (Å²) in [6, 6.07) is 1.75. The molecular formula is C11H12FNO5. The van der Waals surface area contributed by atoms with Crippen molar-refractivity contribution in [3.8, 4) is 5.75 Å². The Balaban J connectivity index is 3.34. The number of aliphatic hydroxyl groups excluding tert-OH is 1. The number of nitro benzene ring substituents is 1. The molecule has 7 heteroatoms. The standard InChI is InChI=1S/C11H12FNO5/c1-6(14)5-18-11-9(13(16)17)4-3-8(12)10(11)7(2)15/h3-4,6,14H,5H2,1-2H3. The molecule has 6 nitrogen and oxygen atoms in total. The van der Waals surface area contributed by atoms with Crippen LogP contribution in [0.15, 0.2) is 12.1 Å². The Kier molecular flexibility index (Phi) is 4.33. The highest BCUT2D eigenvalue weighted by Gasteiger charge is 2.25. The maximum atomic E-state index is 13.5. The minimum absolute atomic E-state index is 0.273. The molecular weight excluding hydrogens is 245 g/mol. The lowest BCUT2D eigenvalue weighted by atomic mass is 10.1. The summed E-state index contributed by atoms with van der Waals surface area (Å²) in [5, 5.41) is 19.9. The molecule has 1 N–H and O–H groups in total. The fraction of sp³-hybridized carbons (Fsp3) is 0.364. The van der Waals surface area contributed by atoms with Crippen molar-refractivity contribution in [3.05, 3.63) is 33.6 Å². The number of ether oxygens (including phenoxy) is 1. The van der Waals surface area contributed by atoms with Gasteiger partial charge in [0.05, 0.1) is 11.0 Å². The van der Waals surface area contributed by atoms with Crippen LogP contribution < -0.4 is 4.74 Å². The number of Topliss-reactive ketones (excluding diaryl/α,β-unsaturated/α-hetero) is 1. The van der Waals surface area contributed by atoms with Gasteiger partial charge in [-0.05, 0) is 19.9 Å². The largest absolute Gasteiger partial charge is 0.483 e. The van der Waals surface area contributed by atoms with Crippen molar-refractivity contribution < 1.29 is 24.0 Å². The van der Waals surface area contributed by atoms with E-state index in [1.807, 2.05) is 0 Å². The predicted molar refractivity (Wildman–Crippen MR) is 60.2 cm³/mol. The monoisotopic (exact) mass is 257 g/mol. The molecule has 98 valence electrons. The molecule has 0 amide bonds. The summed E-state index contributed by atoms with van der Waals surface area (Å²) in [6.45, 7) is 2.21. The molecule has 1 aromatic rings. The number of ketones is 1. The lowest BCUT2D eigenvalue weighted by molar-refractivity contribution is -0.386. The summed E-state index contributed by atoms with van der Waals surface area (Å²) in [5.41, 5.74) is -0.993. The van der Waals surface area contributed by atoms with Crippen LogP contribution in [0.1, 0.15) is 24.2 Å². The number of benzene rings is 1. The van der Waals surface area contributed by atoms with Gasteiger partial charge < -0.3 is 9.84 Å². The van der Waals surface area contributed by atoms with E-state index in [9.17, 15) is 19.3 Å². The second kappa shape index (κ2) is 5.54. The molecule has 0 saturated heterocycles. The van der Waals surface area contributed by atoms with Gasteiger partial charge in [-0.15, -0.1) is 0 Å². The van der Waals surface area contributed by atoms with E-state index in [0.29, 0.717) is 0 Å². The van der Waals surface area contributed by atoms with Crippen LogP contribution in [-0.2, 0) is 0 Å². The summed E-state index contributed by atoms with van der Waals surface area (Å²) in [5.74, 6) is -2.03. The van der Waals surface area contributed by atoms with Crippen LogP contribution in [0.4, 0.5) is 10.1 Å². The third-order valence-corrected chi connectivity index (χ3v) is 2.10. The van der Waals surface area contributed by atoms with E-state index in [1.165, 1.54) is 6.92 Å². The van der Waals surface area contributed by atoms with Crippen LogP contribution in [0.3, 0.4) is 0 Å². The van der Waals surface area contributed by atoms with Crippen LogP contribution >= 0.6 is 0 Å². The van der Waals surface area contributed by atoms with Crippen molar-refractivity contribution in [2.45, 2.75) is 20.0 Å². The van der Waals surface area contributed by atoms with E-state index >= 15 is 0 Å². The molecule has 1 atom stereocenters. The lowest BCUT2D eigenvalue weighted by Gasteiger charge is -2.12. The van der Waals surface area contributed by atoms with Crippen LogP contribution in [0.2, 0.25) is 0 Å². The first-order valence-electron chi connectivity index (χ1n) is 5.13. The van der Waals surface area contributed by atoms with Crippen LogP contribution in [0, 0.1) is 15.9 Å². The van der Waals surface area contributed by atoms with E-state index in [0.717, 1.165) is 19.1 Å². The highest BCUT2D eigenvalue weighted by Crippen LogP contribution is 2.33. The van der Waals surface area contributed by atoms with Crippen molar-refractivity contribution in [2.24, 2.45) is 0 Å². The number of aliphatic hydroxyl groups is 1. The Morgan fingerprint density at radius 2 is 2.22 bits per heavy atom. The molecule has 0 fully saturated rings. The number of carbonyl (C=O) groups is 1. The van der Waals surface area contributed by atoms with Crippen molar-refractivity contribution >= 4 is 11.5 Å². The molecule has 18 heavy (non-hydrogen) atoms. The van der Waals surface area contributed by atoms with Crippen molar-refractivity contribution in [3.63, 3.8) is 0 Å². The second-order valence-electron chi connectivity index (χ2n) is 3.74. The molecule has 0 bridgehead atoms. The number of nitrogens with zero attached hydrogens (tertiary/aromatic N) is 1. The van der Waals surface area contributed by atoms with Crippen LogP contribution in [0.25, 0.3) is 0 Å². The number of halogens is 1. The molecule has 0 aliphatic rings. The van der Waals surface area contributed by atoms with Gasteiger partial charge in [-0.1, -0.05) is 0 Å². The van der Waals surface area contributed by atoms with Gasteiger partial charge in [0.1, 0.15) is 18.0 Å². The van der Waals surface area contributed by atoms with E-state index in [2.05, 4.69) is 0 Å². The van der Waals surface area contributed by atoms with Crippen LogP contribution in [0.5, 0.6) is 5.75 Å². The third kappa shape index (κ3) is 3.01. The Morgan fingerprint density at radius 1 is 1.61 bits per heavy atom. The smallest absolute Gasteiger partial charge is 0.311 e. The van der Waals surface area contributed by atoms with E-state index in [4.69, 9.17) is 9.84 Å². The number of nitro groups is 1. The molecule has 1 unspecified atom stereocenters. The average Bonchev–Trinajstić information content (AvgIpc) is 2.24. The summed E-state index contributed by atoms with van der Waals surface area (Å²) in [4.78, 5) is 21.3. The number of hydrogen-bond acceptors (Lipinski definition) is 5. The number of rotatable bonds is 5. The summed E-state index contributed by atoms with van der Waals surface area (Å²) < 4.78 is 18.5. The highest BCUT2D eigenvalue weighted by molar-refractivity contribution is 5.98. The van der Waals surface area contributed by atoms with Gasteiger partial charge in [0, 0.05) is 6.07 Å². The molecule has 0 aliphatic carbocycles. The topological polar surface area (TPSA) is 89.7 Å². The minimum Gasteiger partial charge on any atom is -0.483 e. The minimum atomic E-state index is -0.896. The summed E-state index contributed by atoms with van der Waals surface area (Å²) in [7, 11) is 0. The number of carbonyl (C=O) groups excluding carboxylic acids is 1. The van der Waals surface area contributed by atoms with Gasteiger partial charge in [0.15, 0.2) is 5.78 Å². The van der Waals surface area contributed by atoms with Crippen molar-refractivity contribution in [1.29, 1.82) is 0 Å². The summed E-state index contributed by atoms with van der Waals surface area (Å²) >= 11 is 0. The van der Waals surface area contributed by atoms with E-state index in [-0.39, 0.29) is 6.61 Å².